The topological polar surface area (TPSA) is 43.8 Å². The Morgan fingerprint density at radius 1 is 1.20 bits per heavy atom. The van der Waals surface area contributed by atoms with Gasteiger partial charge in [-0.1, -0.05) is 17.7 Å². The van der Waals surface area contributed by atoms with Crippen LogP contribution in [0.5, 0.6) is 0 Å². The molecular formula is C16H16ClN3. The van der Waals surface area contributed by atoms with E-state index in [-0.39, 0.29) is 0 Å². The summed E-state index contributed by atoms with van der Waals surface area (Å²) in [6.07, 6.45) is 0. The molecule has 4 heteroatoms. The van der Waals surface area contributed by atoms with Gasteiger partial charge in [-0.15, -0.1) is 0 Å². The van der Waals surface area contributed by atoms with Crippen LogP contribution in [0, 0.1) is 6.92 Å². The first-order chi connectivity index (χ1) is 9.60. The van der Waals surface area contributed by atoms with Gasteiger partial charge in [0.15, 0.2) is 0 Å². The molecule has 0 aliphatic carbocycles. The van der Waals surface area contributed by atoms with Crippen LogP contribution in [-0.4, -0.2) is 9.55 Å². The zero-order chi connectivity index (χ0) is 14.3. The van der Waals surface area contributed by atoms with E-state index in [9.17, 15) is 0 Å². The number of benzene rings is 2. The summed E-state index contributed by atoms with van der Waals surface area (Å²) in [6, 6.07) is 12.0. The average molecular weight is 286 g/mol. The normalized spacial score (nSPS) is 11.2. The summed E-state index contributed by atoms with van der Waals surface area (Å²) in [5, 5.41) is 0.563. The quantitative estimate of drug-likeness (QED) is 0.715. The molecule has 2 aromatic carbocycles. The molecule has 0 aliphatic rings. The van der Waals surface area contributed by atoms with Gasteiger partial charge in [-0.2, -0.15) is 0 Å². The number of hydrogen-bond acceptors (Lipinski definition) is 2. The molecule has 0 saturated carbocycles. The maximum Gasteiger partial charge on any atom is 0.141 e. The Labute approximate surface area is 123 Å². The SMILES string of the molecule is CCn1c(-c2ccc(N)c(Cl)c2)nc2cc(C)ccc21. The Morgan fingerprint density at radius 3 is 2.70 bits per heavy atom. The number of fused-ring (bicyclic) bond motifs is 1. The van der Waals surface area contributed by atoms with Crippen molar-refractivity contribution < 1.29 is 0 Å². The molecule has 2 N–H and O–H groups in total. The number of nitrogens with zero attached hydrogens (tertiary/aromatic N) is 2. The minimum atomic E-state index is 0.563. The number of aromatic nitrogens is 2. The molecule has 0 aliphatic heterocycles. The van der Waals surface area contributed by atoms with Gasteiger partial charge in [0.1, 0.15) is 5.82 Å². The average Bonchev–Trinajstić information content (AvgIpc) is 2.79. The highest BCUT2D eigenvalue weighted by molar-refractivity contribution is 6.33. The van der Waals surface area contributed by atoms with E-state index in [1.807, 2.05) is 18.2 Å². The van der Waals surface area contributed by atoms with Crippen molar-refractivity contribution in [2.24, 2.45) is 0 Å². The molecule has 0 fully saturated rings. The fraction of sp³-hybridized carbons (Fsp3) is 0.188. The highest BCUT2D eigenvalue weighted by atomic mass is 35.5. The molecule has 0 atom stereocenters. The van der Waals surface area contributed by atoms with Gasteiger partial charge in [-0.3, -0.25) is 0 Å². The number of rotatable bonds is 2. The van der Waals surface area contributed by atoms with E-state index >= 15 is 0 Å². The van der Waals surface area contributed by atoms with Gasteiger partial charge in [0.2, 0.25) is 0 Å². The van der Waals surface area contributed by atoms with E-state index in [0.717, 1.165) is 29.0 Å². The van der Waals surface area contributed by atoms with Crippen molar-refractivity contribution in [1.29, 1.82) is 0 Å². The van der Waals surface area contributed by atoms with Gasteiger partial charge in [0.05, 0.1) is 21.7 Å². The summed E-state index contributed by atoms with van der Waals surface area (Å²) in [5.41, 5.74) is 10.7. The van der Waals surface area contributed by atoms with E-state index in [0.29, 0.717) is 10.7 Å². The number of nitrogens with two attached hydrogens (primary N) is 1. The number of anilines is 1. The Kier molecular flexibility index (Phi) is 3.14. The summed E-state index contributed by atoms with van der Waals surface area (Å²) < 4.78 is 2.19. The molecule has 3 rings (SSSR count). The van der Waals surface area contributed by atoms with Crippen molar-refractivity contribution in [3.63, 3.8) is 0 Å². The minimum Gasteiger partial charge on any atom is -0.398 e. The van der Waals surface area contributed by atoms with Crippen molar-refractivity contribution in [3.05, 3.63) is 47.0 Å². The largest absolute Gasteiger partial charge is 0.398 e. The van der Waals surface area contributed by atoms with Crippen molar-refractivity contribution in [1.82, 2.24) is 9.55 Å². The molecule has 0 amide bonds. The standard InChI is InChI=1S/C16H16ClN3/c1-3-20-15-7-4-10(2)8-14(15)19-16(20)11-5-6-13(18)12(17)9-11/h4-9H,3,18H2,1-2H3. The number of hydrogen-bond donors (Lipinski definition) is 1. The Bertz CT molecular complexity index is 790. The van der Waals surface area contributed by atoms with Crippen LogP contribution < -0.4 is 5.73 Å². The molecule has 0 spiro atoms. The lowest BCUT2D eigenvalue weighted by Gasteiger charge is -2.07. The zero-order valence-electron chi connectivity index (χ0n) is 11.5. The van der Waals surface area contributed by atoms with E-state index in [1.54, 1.807) is 0 Å². The number of nitrogen functional groups attached to an aromatic ring is 1. The van der Waals surface area contributed by atoms with E-state index < -0.39 is 0 Å². The molecule has 0 radical (unpaired) electrons. The number of aryl methyl sites for hydroxylation is 2. The molecule has 20 heavy (non-hydrogen) atoms. The third kappa shape index (κ3) is 2.04. The zero-order valence-corrected chi connectivity index (χ0v) is 12.3. The second-order valence-corrected chi connectivity index (χ2v) is 5.32. The third-order valence-corrected chi connectivity index (χ3v) is 3.81. The van der Waals surface area contributed by atoms with Crippen molar-refractivity contribution in [2.45, 2.75) is 20.4 Å². The molecule has 0 bridgehead atoms. The summed E-state index contributed by atoms with van der Waals surface area (Å²) >= 11 is 6.12. The lowest BCUT2D eigenvalue weighted by Crippen LogP contribution is -1.98. The van der Waals surface area contributed by atoms with Crippen LogP contribution in [0.1, 0.15) is 12.5 Å². The Hall–Kier alpha value is -2.00. The fourth-order valence-corrected chi connectivity index (χ4v) is 2.63. The predicted octanol–water partition coefficient (Wildman–Crippen LogP) is 4.27. The maximum atomic E-state index is 6.12. The highest BCUT2D eigenvalue weighted by Crippen LogP contribution is 2.29. The van der Waals surface area contributed by atoms with Gasteiger partial charge in [-0.25, -0.2) is 4.98 Å². The Morgan fingerprint density at radius 2 is 2.00 bits per heavy atom. The van der Waals surface area contributed by atoms with E-state index in [4.69, 9.17) is 22.3 Å². The molecule has 1 aromatic heterocycles. The van der Waals surface area contributed by atoms with Gasteiger partial charge in [-0.05, 0) is 49.7 Å². The van der Waals surface area contributed by atoms with Crippen LogP contribution in [0.3, 0.4) is 0 Å². The predicted molar refractivity (Wildman–Crippen MR) is 85.0 cm³/mol. The first-order valence-corrected chi connectivity index (χ1v) is 7.00. The van der Waals surface area contributed by atoms with Crippen LogP contribution >= 0.6 is 11.6 Å². The molecule has 3 nitrogen and oxygen atoms in total. The second-order valence-electron chi connectivity index (χ2n) is 4.91. The third-order valence-electron chi connectivity index (χ3n) is 3.48. The van der Waals surface area contributed by atoms with E-state index in [2.05, 4.69) is 36.6 Å². The van der Waals surface area contributed by atoms with Crippen LogP contribution in [0.2, 0.25) is 5.02 Å². The molecular weight excluding hydrogens is 270 g/mol. The fourth-order valence-electron chi connectivity index (χ4n) is 2.45. The van der Waals surface area contributed by atoms with Crippen LogP contribution in [0.25, 0.3) is 22.4 Å². The van der Waals surface area contributed by atoms with Crippen LogP contribution in [-0.2, 0) is 6.54 Å². The first kappa shape index (κ1) is 13.0. The van der Waals surface area contributed by atoms with Crippen molar-refractivity contribution >= 4 is 28.3 Å². The van der Waals surface area contributed by atoms with Crippen molar-refractivity contribution in [3.8, 4) is 11.4 Å². The van der Waals surface area contributed by atoms with E-state index in [1.165, 1.54) is 5.56 Å². The molecule has 0 saturated heterocycles. The summed E-state index contributed by atoms with van der Waals surface area (Å²) in [6.45, 7) is 5.05. The van der Waals surface area contributed by atoms with Crippen LogP contribution in [0.4, 0.5) is 5.69 Å². The van der Waals surface area contributed by atoms with Gasteiger partial charge < -0.3 is 10.3 Å². The number of imidazole rings is 1. The number of halogens is 1. The van der Waals surface area contributed by atoms with Crippen LogP contribution in [0.15, 0.2) is 36.4 Å². The van der Waals surface area contributed by atoms with Crippen molar-refractivity contribution in [2.75, 3.05) is 5.73 Å². The smallest absolute Gasteiger partial charge is 0.141 e. The summed E-state index contributed by atoms with van der Waals surface area (Å²) in [4.78, 5) is 4.75. The molecule has 102 valence electrons. The van der Waals surface area contributed by atoms with Gasteiger partial charge in [0.25, 0.3) is 0 Å². The summed E-state index contributed by atoms with van der Waals surface area (Å²) in [5.74, 6) is 0.926. The first-order valence-electron chi connectivity index (χ1n) is 6.62. The molecule has 3 aromatic rings. The monoisotopic (exact) mass is 285 g/mol. The maximum absolute atomic E-state index is 6.12. The Balaban J connectivity index is 2.26. The molecule has 1 heterocycles. The highest BCUT2D eigenvalue weighted by Gasteiger charge is 2.12. The molecule has 0 unspecified atom stereocenters. The lowest BCUT2D eigenvalue weighted by atomic mass is 10.2. The minimum absolute atomic E-state index is 0.563. The summed E-state index contributed by atoms with van der Waals surface area (Å²) in [7, 11) is 0. The van der Waals surface area contributed by atoms with Gasteiger partial charge >= 0.3 is 0 Å². The second kappa shape index (κ2) is 4.84. The van der Waals surface area contributed by atoms with Gasteiger partial charge in [0, 0.05) is 12.1 Å². The lowest BCUT2D eigenvalue weighted by molar-refractivity contribution is 0.796.